The highest BCUT2D eigenvalue weighted by atomic mass is 35.5. The molecule has 2 aliphatic rings. The van der Waals surface area contributed by atoms with Crippen LogP contribution >= 0.6 is 23.2 Å². The maximum Gasteiger partial charge on any atom is 0.303 e. The number of carbonyl (C=O) groups is 1. The van der Waals surface area contributed by atoms with Gasteiger partial charge in [-0.3, -0.25) is 9.69 Å². The summed E-state index contributed by atoms with van der Waals surface area (Å²) in [5.41, 5.74) is 1.14. The molecule has 2 unspecified atom stereocenters. The molecule has 2 bridgehead atoms. The molecule has 1 aromatic rings. The van der Waals surface area contributed by atoms with Gasteiger partial charge in [0.05, 0.1) is 0 Å². The van der Waals surface area contributed by atoms with E-state index in [4.69, 9.17) is 28.3 Å². The number of piperidine rings is 1. The Balaban J connectivity index is 1.69. The molecule has 0 saturated carbocycles. The van der Waals surface area contributed by atoms with Crippen molar-refractivity contribution in [3.8, 4) is 0 Å². The van der Waals surface area contributed by atoms with E-state index >= 15 is 0 Å². The second-order valence-electron chi connectivity index (χ2n) is 6.27. The third-order valence-electron chi connectivity index (χ3n) is 4.73. The summed E-state index contributed by atoms with van der Waals surface area (Å²) in [7, 11) is 0. The van der Waals surface area contributed by atoms with Crippen molar-refractivity contribution in [3.63, 3.8) is 0 Å². The first kappa shape index (κ1) is 15.1. The van der Waals surface area contributed by atoms with Crippen molar-refractivity contribution in [2.75, 3.05) is 0 Å². The topological polar surface area (TPSA) is 40.5 Å². The minimum absolute atomic E-state index is 0.309. The molecule has 2 heterocycles. The number of aliphatic carboxylic acids is 1. The molecular formula is C16H19Cl2NO2. The van der Waals surface area contributed by atoms with Gasteiger partial charge < -0.3 is 5.11 Å². The second-order valence-corrected chi connectivity index (χ2v) is 7.14. The second kappa shape index (κ2) is 6.15. The van der Waals surface area contributed by atoms with Crippen molar-refractivity contribution in [1.29, 1.82) is 0 Å². The molecule has 2 fully saturated rings. The monoisotopic (exact) mass is 327 g/mol. The molecule has 1 N–H and O–H groups in total. The largest absolute Gasteiger partial charge is 0.481 e. The van der Waals surface area contributed by atoms with E-state index in [2.05, 4.69) is 4.90 Å². The van der Waals surface area contributed by atoms with Crippen molar-refractivity contribution in [3.05, 3.63) is 33.8 Å². The van der Waals surface area contributed by atoms with Crippen LogP contribution in [0.25, 0.3) is 0 Å². The Bertz CT molecular complexity index is 515. The summed E-state index contributed by atoms with van der Waals surface area (Å²) < 4.78 is 0. The van der Waals surface area contributed by atoms with E-state index in [0.29, 0.717) is 34.5 Å². The number of hydrogen-bond acceptors (Lipinski definition) is 2. The minimum atomic E-state index is -0.672. The molecule has 3 rings (SSSR count). The van der Waals surface area contributed by atoms with Gasteiger partial charge in [-0.05, 0) is 55.4 Å². The van der Waals surface area contributed by atoms with Crippen molar-refractivity contribution in [2.24, 2.45) is 5.92 Å². The highest BCUT2D eigenvalue weighted by Crippen LogP contribution is 2.41. The van der Waals surface area contributed by atoms with E-state index < -0.39 is 5.97 Å². The summed E-state index contributed by atoms with van der Waals surface area (Å²) in [6.07, 6.45) is 4.65. The molecule has 1 aromatic carbocycles. The number of nitrogens with zero attached hydrogens (tertiary/aromatic N) is 1. The van der Waals surface area contributed by atoms with Gasteiger partial charge in [0.2, 0.25) is 0 Å². The first-order valence-corrected chi connectivity index (χ1v) is 8.19. The Kier molecular flexibility index (Phi) is 4.43. The van der Waals surface area contributed by atoms with E-state index in [1.54, 1.807) is 6.07 Å². The number of fused-ring (bicyclic) bond motifs is 2. The summed E-state index contributed by atoms with van der Waals surface area (Å²) in [6.45, 7) is 0.857. The Morgan fingerprint density at radius 3 is 2.24 bits per heavy atom. The molecule has 3 nitrogen and oxygen atoms in total. The molecule has 0 spiro atoms. The minimum Gasteiger partial charge on any atom is -0.481 e. The maximum absolute atomic E-state index is 10.9. The lowest BCUT2D eigenvalue weighted by Gasteiger charge is -2.38. The van der Waals surface area contributed by atoms with Crippen LogP contribution in [0.4, 0.5) is 0 Å². The Morgan fingerprint density at radius 2 is 1.71 bits per heavy atom. The summed E-state index contributed by atoms with van der Waals surface area (Å²) >= 11 is 12.1. The SMILES string of the molecule is O=C(O)CC1CC2CCC(C1)N2Cc1cc(Cl)cc(Cl)c1. The zero-order valence-electron chi connectivity index (χ0n) is 11.8. The van der Waals surface area contributed by atoms with Crippen LogP contribution in [0.3, 0.4) is 0 Å². The molecule has 0 radical (unpaired) electrons. The van der Waals surface area contributed by atoms with Gasteiger partial charge in [-0.1, -0.05) is 23.2 Å². The van der Waals surface area contributed by atoms with Crippen LogP contribution in [0.15, 0.2) is 18.2 Å². The fourth-order valence-corrected chi connectivity index (χ4v) is 4.54. The highest BCUT2D eigenvalue weighted by molar-refractivity contribution is 6.34. The molecule has 2 aliphatic heterocycles. The van der Waals surface area contributed by atoms with Crippen molar-refractivity contribution >= 4 is 29.2 Å². The smallest absolute Gasteiger partial charge is 0.303 e. The van der Waals surface area contributed by atoms with Gasteiger partial charge in [0.1, 0.15) is 0 Å². The van der Waals surface area contributed by atoms with Crippen LogP contribution in [-0.2, 0) is 11.3 Å². The first-order chi connectivity index (χ1) is 10.0. The first-order valence-electron chi connectivity index (χ1n) is 7.44. The quantitative estimate of drug-likeness (QED) is 0.900. The molecule has 5 heteroatoms. The Hall–Kier alpha value is -0.770. The van der Waals surface area contributed by atoms with Gasteiger partial charge in [-0.15, -0.1) is 0 Å². The van der Waals surface area contributed by atoms with Crippen LogP contribution < -0.4 is 0 Å². The fourth-order valence-electron chi connectivity index (χ4n) is 3.97. The van der Waals surface area contributed by atoms with Crippen molar-refractivity contribution in [1.82, 2.24) is 4.90 Å². The highest BCUT2D eigenvalue weighted by Gasteiger charge is 2.40. The number of carboxylic acid groups (broad SMARTS) is 1. The van der Waals surface area contributed by atoms with E-state index in [9.17, 15) is 4.79 Å². The number of rotatable bonds is 4. The number of benzene rings is 1. The van der Waals surface area contributed by atoms with Gasteiger partial charge in [0.25, 0.3) is 0 Å². The van der Waals surface area contributed by atoms with Crippen molar-refractivity contribution < 1.29 is 9.90 Å². The van der Waals surface area contributed by atoms with Gasteiger partial charge in [0.15, 0.2) is 0 Å². The van der Waals surface area contributed by atoms with Gasteiger partial charge in [-0.2, -0.15) is 0 Å². The normalized spacial score (nSPS) is 28.8. The molecule has 0 aliphatic carbocycles. The molecule has 0 amide bonds. The lowest BCUT2D eigenvalue weighted by molar-refractivity contribution is -0.138. The zero-order chi connectivity index (χ0) is 15.0. The summed E-state index contributed by atoms with van der Waals surface area (Å²) in [5, 5.41) is 10.3. The third-order valence-corrected chi connectivity index (χ3v) is 5.17. The van der Waals surface area contributed by atoms with Crippen LogP contribution in [0.2, 0.25) is 10.0 Å². The number of carboxylic acids is 1. The molecule has 2 atom stereocenters. The van der Waals surface area contributed by atoms with E-state index in [-0.39, 0.29) is 0 Å². The zero-order valence-corrected chi connectivity index (χ0v) is 13.3. The van der Waals surface area contributed by atoms with E-state index in [1.165, 1.54) is 12.8 Å². The van der Waals surface area contributed by atoms with Crippen LogP contribution in [-0.4, -0.2) is 28.1 Å². The number of hydrogen-bond donors (Lipinski definition) is 1. The maximum atomic E-state index is 10.9. The lowest BCUT2D eigenvalue weighted by Crippen LogP contribution is -2.42. The molecular weight excluding hydrogens is 309 g/mol. The predicted octanol–water partition coefficient (Wildman–Crippen LogP) is 4.21. The van der Waals surface area contributed by atoms with Crippen LogP contribution in [0.5, 0.6) is 0 Å². The van der Waals surface area contributed by atoms with E-state index in [1.807, 2.05) is 12.1 Å². The number of halogens is 2. The third kappa shape index (κ3) is 3.53. The Morgan fingerprint density at radius 1 is 1.14 bits per heavy atom. The summed E-state index contributed by atoms with van der Waals surface area (Å²) in [6, 6.07) is 6.70. The Labute approximate surface area is 134 Å². The molecule has 21 heavy (non-hydrogen) atoms. The predicted molar refractivity (Wildman–Crippen MR) is 83.8 cm³/mol. The van der Waals surface area contributed by atoms with Crippen LogP contribution in [0, 0.1) is 5.92 Å². The standard InChI is InChI=1S/C16H19Cl2NO2/c17-12-3-11(4-13(18)8-12)9-19-14-1-2-15(19)6-10(5-14)7-16(20)21/h3-4,8,10,14-15H,1-2,5-7,9H2,(H,20,21). The van der Waals surface area contributed by atoms with Gasteiger partial charge >= 0.3 is 5.97 Å². The average Bonchev–Trinajstić information content (AvgIpc) is 2.61. The summed E-state index contributed by atoms with van der Waals surface area (Å²) in [5.74, 6) is -0.339. The van der Waals surface area contributed by atoms with Gasteiger partial charge in [0, 0.05) is 35.1 Å². The lowest BCUT2D eigenvalue weighted by atomic mass is 9.88. The van der Waals surface area contributed by atoms with Crippen LogP contribution in [0.1, 0.15) is 37.7 Å². The average molecular weight is 328 g/mol. The van der Waals surface area contributed by atoms with E-state index in [0.717, 1.165) is 24.9 Å². The molecule has 0 aromatic heterocycles. The molecule has 114 valence electrons. The van der Waals surface area contributed by atoms with Gasteiger partial charge in [-0.25, -0.2) is 0 Å². The summed E-state index contributed by atoms with van der Waals surface area (Å²) in [4.78, 5) is 13.4. The van der Waals surface area contributed by atoms with Crippen molar-refractivity contribution in [2.45, 2.75) is 50.7 Å². The fraction of sp³-hybridized carbons (Fsp3) is 0.562. The molecule has 2 saturated heterocycles.